The third-order valence-electron chi connectivity index (χ3n) is 3.82. The molecule has 4 heteroatoms. The van der Waals surface area contributed by atoms with E-state index in [9.17, 15) is 0 Å². The van der Waals surface area contributed by atoms with Gasteiger partial charge in [-0.1, -0.05) is 6.92 Å². The first kappa shape index (κ1) is 12.3. The van der Waals surface area contributed by atoms with Gasteiger partial charge in [0.2, 0.25) is 0 Å². The number of nitrogens with zero attached hydrogens (tertiary/aromatic N) is 1. The summed E-state index contributed by atoms with van der Waals surface area (Å²) in [4.78, 5) is 2.53. The minimum Gasteiger partial charge on any atom is -0.381 e. The highest BCUT2D eigenvalue weighted by molar-refractivity contribution is 4.83. The first-order valence-corrected chi connectivity index (χ1v) is 6.46. The van der Waals surface area contributed by atoms with Crippen LogP contribution in [0, 0.1) is 5.92 Å². The molecule has 2 N–H and O–H groups in total. The Kier molecular flexibility index (Phi) is 4.58. The van der Waals surface area contributed by atoms with Crippen molar-refractivity contribution in [1.82, 2.24) is 4.90 Å². The minimum absolute atomic E-state index is 0.314. The predicted octanol–water partition coefficient (Wildman–Crippen LogP) is 0.461. The lowest BCUT2D eigenvalue weighted by Crippen LogP contribution is -2.51. The predicted molar refractivity (Wildman–Crippen MR) is 63.4 cm³/mol. The quantitative estimate of drug-likeness (QED) is 0.762. The van der Waals surface area contributed by atoms with Gasteiger partial charge in [-0.15, -0.1) is 0 Å². The van der Waals surface area contributed by atoms with Crippen LogP contribution in [0.15, 0.2) is 0 Å². The Labute approximate surface area is 98.1 Å². The Morgan fingerprint density at radius 2 is 2.06 bits per heavy atom. The highest BCUT2D eigenvalue weighted by Crippen LogP contribution is 2.18. The topological polar surface area (TPSA) is 47.7 Å². The van der Waals surface area contributed by atoms with Crippen molar-refractivity contribution in [1.29, 1.82) is 0 Å². The molecular formula is C12H24N2O2. The van der Waals surface area contributed by atoms with Crippen molar-refractivity contribution < 1.29 is 9.47 Å². The van der Waals surface area contributed by atoms with Gasteiger partial charge in [-0.25, -0.2) is 0 Å². The standard InChI is InChI=1S/C12H24N2O2/c1-2-11-9-16-6-4-14(11)7-10-8-15-5-3-12(10)13/h10-12H,2-9,13H2,1H3. The van der Waals surface area contributed by atoms with E-state index in [4.69, 9.17) is 15.2 Å². The fraction of sp³-hybridized carbons (Fsp3) is 1.00. The van der Waals surface area contributed by atoms with Crippen LogP contribution in [0.1, 0.15) is 19.8 Å². The maximum absolute atomic E-state index is 6.15. The van der Waals surface area contributed by atoms with Gasteiger partial charge in [-0.2, -0.15) is 0 Å². The Balaban J connectivity index is 1.86. The van der Waals surface area contributed by atoms with Gasteiger partial charge in [0.25, 0.3) is 0 Å². The number of nitrogens with two attached hydrogens (primary N) is 1. The summed E-state index contributed by atoms with van der Waals surface area (Å²) in [6.07, 6.45) is 2.16. The average molecular weight is 228 g/mol. The second-order valence-corrected chi connectivity index (χ2v) is 4.92. The molecule has 0 radical (unpaired) electrons. The molecule has 3 unspecified atom stereocenters. The van der Waals surface area contributed by atoms with Crippen LogP contribution in [0.25, 0.3) is 0 Å². The molecule has 2 rings (SSSR count). The number of ether oxygens (including phenoxy) is 2. The summed E-state index contributed by atoms with van der Waals surface area (Å²) < 4.78 is 11.0. The number of hydrogen-bond acceptors (Lipinski definition) is 4. The summed E-state index contributed by atoms with van der Waals surface area (Å²) in [5.41, 5.74) is 6.15. The molecule has 2 heterocycles. The molecule has 94 valence electrons. The lowest BCUT2D eigenvalue weighted by atomic mass is 9.95. The van der Waals surface area contributed by atoms with Crippen molar-refractivity contribution in [2.24, 2.45) is 11.7 Å². The zero-order chi connectivity index (χ0) is 11.4. The van der Waals surface area contributed by atoms with Crippen LogP contribution in [0.2, 0.25) is 0 Å². The molecular weight excluding hydrogens is 204 g/mol. The van der Waals surface area contributed by atoms with Gasteiger partial charge in [0.1, 0.15) is 0 Å². The SMILES string of the molecule is CCC1COCCN1CC1COCCC1N. The molecule has 0 saturated carbocycles. The molecule has 2 saturated heterocycles. The van der Waals surface area contributed by atoms with E-state index in [-0.39, 0.29) is 0 Å². The summed E-state index contributed by atoms with van der Waals surface area (Å²) in [5.74, 6) is 0.501. The molecule has 0 bridgehead atoms. The van der Waals surface area contributed by atoms with Gasteiger partial charge in [-0.05, 0) is 12.8 Å². The summed E-state index contributed by atoms with van der Waals surface area (Å²) >= 11 is 0. The monoisotopic (exact) mass is 228 g/mol. The lowest BCUT2D eigenvalue weighted by molar-refractivity contribution is -0.0359. The average Bonchev–Trinajstić information content (AvgIpc) is 2.33. The number of morpholine rings is 1. The summed E-state index contributed by atoms with van der Waals surface area (Å²) in [5, 5.41) is 0. The van der Waals surface area contributed by atoms with Crippen LogP contribution in [0.3, 0.4) is 0 Å². The van der Waals surface area contributed by atoms with Gasteiger partial charge < -0.3 is 15.2 Å². The summed E-state index contributed by atoms with van der Waals surface area (Å²) in [6.45, 7) is 7.74. The molecule has 0 spiro atoms. The molecule has 2 fully saturated rings. The van der Waals surface area contributed by atoms with E-state index in [2.05, 4.69) is 11.8 Å². The third kappa shape index (κ3) is 2.94. The number of rotatable bonds is 3. The van der Waals surface area contributed by atoms with Crippen LogP contribution in [-0.2, 0) is 9.47 Å². The van der Waals surface area contributed by atoms with E-state index in [1.807, 2.05) is 0 Å². The van der Waals surface area contributed by atoms with Gasteiger partial charge >= 0.3 is 0 Å². The van der Waals surface area contributed by atoms with Crippen LogP contribution in [0.4, 0.5) is 0 Å². The molecule has 2 aliphatic rings. The van der Waals surface area contributed by atoms with Crippen LogP contribution in [0.5, 0.6) is 0 Å². The van der Waals surface area contributed by atoms with E-state index in [0.29, 0.717) is 18.0 Å². The normalized spacial score (nSPS) is 37.5. The van der Waals surface area contributed by atoms with Crippen molar-refractivity contribution in [2.75, 3.05) is 39.5 Å². The van der Waals surface area contributed by atoms with Gasteiger partial charge in [-0.3, -0.25) is 4.90 Å². The zero-order valence-corrected chi connectivity index (χ0v) is 10.2. The van der Waals surface area contributed by atoms with Crippen LogP contribution < -0.4 is 5.73 Å². The van der Waals surface area contributed by atoms with Crippen LogP contribution >= 0.6 is 0 Å². The minimum atomic E-state index is 0.314. The second-order valence-electron chi connectivity index (χ2n) is 4.92. The Hall–Kier alpha value is -0.160. The van der Waals surface area contributed by atoms with Crippen molar-refractivity contribution in [3.05, 3.63) is 0 Å². The lowest BCUT2D eigenvalue weighted by Gasteiger charge is -2.39. The van der Waals surface area contributed by atoms with E-state index in [1.165, 1.54) is 0 Å². The van der Waals surface area contributed by atoms with Gasteiger partial charge in [0.15, 0.2) is 0 Å². The summed E-state index contributed by atoms with van der Waals surface area (Å²) in [6, 6.07) is 0.886. The summed E-state index contributed by atoms with van der Waals surface area (Å²) in [7, 11) is 0. The largest absolute Gasteiger partial charge is 0.381 e. The molecule has 16 heavy (non-hydrogen) atoms. The van der Waals surface area contributed by atoms with E-state index in [0.717, 1.165) is 52.4 Å². The first-order chi connectivity index (χ1) is 7.81. The Morgan fingerprint density at radius 3 is 2.81 bits per heavy atom. The van der Waals surface area contributed by atoms with Crippen molar-refractivity contribution in [3.8, 4) is 0 Å². The van der Waals surface area contributed by atoms with Gasteiger partial charge in [0, 0.05) is 37.7 Å². The highest BCUT2D eigenvalue weighted by atomic mass is 16.5. The van der Waals surface area contributed by atoms with E-state index < -0.39 is 0 Å². The van der Waals surface area contributed by atoms with E-state index in [1.54, 1.807) is 0 Å². The maximum Gasteiger partial charge on any atom is 0.0622 e. The molecule has 4 nitrogen and oxygen atoms in total. The highest BCUT2D eigenvalue weighted by Gasteiger charge is 2.28. The molecule has 0 aromatic rings. The molecule has 2 aliphatic heterocycles. The van der Waals surface area contributed by atoms with Crippen molar-refractivity contribution in [3.63, 3.8) is 0 Å². The Bertz CT molecular complexity index is 213. The molecule has 0 aromatic carbocycles. The fourth-order valence-electron chi connectivity index (χ4n) is 2.61. The molecule has 0 aliphatic carbocycles. The van der Waals surface area contributed by atoms with Crippen LogP contribution in [-0.4, -0.2) is 56.5 Å². The van der Waals surface area contributed by atoms with E-state index >= 15 is 0 Å². The van der Waals surface area contributed by atoms with Crippen molar-refractivity contribution in [2.45, 2.75) is 31.8 Å². The first-order valence-electron chi connectivity index (χ1n) is 6.46. The molecule has 3 atom stereocenters. The third-order valence-corrected chi connectivity index (χ3v) is 3.82. The maximum atomic E-state index is 6.15. The molecule has 0 amide bonds. The zero-order valence-electron chi connectivity index (χ0n) is 10.2. The molecule has 0 aromatic heterocycles. The Morgan fingerprint density at radius 1 is 1.25 bits per heavy atom. The fourth-order valence-corrected chi connectivity index (χ4v) is 2.61. The van der Waals surface area contributed by atoms with Crippen molar-refractivity contribution >= 4 is 0 Å². The second kappa shape index (κ2) is 5.96. The number of hydrogen-bond donors (Lipinski definition) is 1. The van der Waals surface area contributed by atoms with Gasteiger partial charge in [0.05, 0.1) is 19.8 Å². The smallest absolute Gasteiger partial charge is 0.0622 e.